The van der Waals surface area contributed by atoms with E-state index >= 15 is 0 Å². The van der Waals surface area contributed by atoms with E-state index in [1.807, 2.05) is 20.8 Å². The van der Waals surface area contributed by atoms with Crippen LogP contribution >= 0.6 is 27.5 Å². The molecule has 0 saturated carbocycles. The zero-order valence-corrected chi connectivity index (χ0v) is 16.5. The summed E-state index contributed by atoms with van der Waals surface area (Å²) in [6, 6.07) is -0.0187. The minimum absolute atomic E-state index is 0.0187. The predicted octanol–water partition coefficient (Wildman–Crippen LogP) is 4.24. The van der Waals surface area contributed by atoms with E-state index in [0.717, 1.165) is 6.42 Å². The Hall–Kier alpha value is -1.08. The van der Waals surface area contributed by atoms with E-state index < -0.39 is 11.7 Å². The Kier molecular flexibility index (Phi) is 7.54. The smallest absolute Gasteiger partial charge is 0.407 e. The average Bonchev–Trinajstić information content (AvgIpc) is 2.44. The number of carbonyl (C=O) groups is 1. The fraction of sp³-hybridized carbons (Fsp3) is 0.667. The number of rotatable bonds is 6. The number of nitrogens with zero attached hydrogens (tertiary/aromatic N) is 2. The lowest BCUT2D eigenvalue weighted by Crippen LogP contribution is -2.42. The third-order valence-corrected chi connectivity index (χ3v) is 4.00. The minimum Gasteiger partial charge on any atom is -0.444 e. The molecule has 6 nitrogen and oxygen atoms in total. The largest absolute Gasteiger partial charge is 0.444 e. The highest BCUT2D eigenvalue weighted by Crippen LogP contribution is 2.23. The van der Waals surface area contributed by atoms with Gasteiger partial charge in [0.15, 0.2) is 0 Å². The van der Waals surface area contributed by atoms with Crippen LogP contribution in [0.4, 0.5) is 10.6 Å². The van der Waals surface area contributed by atoms with Crippen molar-refractivity contribution < 1.29 is 9.53 Å². The maximum absolute atomic E-state index is 11.8. The quantitative estimate of drug-likeness (QED) is 0.690. The van der Waals surface area contributed by atoms with Crippen LogP contribution in [-0.4, -0.2) is 34.2 Å². The van der Waals surface area contributed by atoms with Crippen LogP contribution in [0.2, 0.25) is 5.28 Å². The molecule has 0 spiro atoms. The second-order valence-corrected chi connectivity index (χ2v) is 7.55. The van der Waals surface area contributed by atoms with Crippen LogP contribution < -0.4 is 10.6 Å². The van der Waals surface area contributed by atoms with Crippen molar-refractivity contribution in [1.29, 1.82) is 0 Å². The highest BCUT2D eigenvalue weighted by atomic mass is 79.9. The molecule has 0 saturated heterocycles. The molecule has 1 aromatic rings. The maximum atomic E-state index is 11.8. The van der Waals surface area contributed by atoms with Crippen molar-refractivity contribution in [3.63, 3.8) is 0 Å². The lowest BCUT2D eigenvalue weighted by atomic mass is 9.99. The van der Waals surface area contributed by atoms with Crippen molar-refractivity contribution in [2.75, 3.05) is 11.9 Å². The summed E-state index contributed by atoms with van der Waals surface area (Å²) in [6.45, 7) is 10.1. The molecule has 0 fully saturated rings. The molecule has 2 N–H and O–H groups in total. The Labute approximate surface area is 150 Å². The number of anilines is 1. The fourth-order valence-corrected chi connectivity index (χ4v) is 2.25. The number of hydrogen-bond acceptors (Lipinski definition) is 5. The van der Waals surface area contributed by atoms with Gasteiger partial charge >= 0.3 is 6.09 Å². The van der Waals surface area contributed by atoms with Gasteiger partial charge in [0.25, 0.3) is 0 Å². The van der Waals surface area contributed by atoms with E-state index in [0.29, 0.717) is 22.8 Å². The van der Waals surface area contributed by atoms with E-state index in [4.69, 9.17) is 16.3 Å². The van der Waals surface area contributed by atoms with Crippen molar-refractivity contribution in [3.05, 3.63) is 16.0 Å². The second kappa shape index (κ2) is 8.68. The van der Waals surface area contributed by atoms with Gasteiger partial charge in [0.2, 0.25) is 5.28 Å². The highest BCUT2D eigenvalue weighted by Gasteiger charge is 2.21. The Bertz CT molecular complexity index is 537. The van der Waals surface area contributed by atoms with Gasteiger partial charge in [-0.15, -0.1) is 0 Å². The molecule has 0 bridgehead atoms. The van der Waals surface area contributed by atoms with Gasteiger partial charge in [-0.3, -0.25) is 0 Å². The lowest BCUT2D eigenvalue weighted by Gasteiger charge is -2.26. The van der Waals surface area contributed by atoms with Crippen LogP contribution in [0.3, 0.4) is 0 Å². The number of halogens is 2. The predicted molar refractivity (Wildman–Crippen MR) is 95.8 cm³/mol. The van der Waals surface area contributed by atoms with Gasteiger partial charge in [0.1, 0.15) is 11.4 Å². The minimum atomic E-state index is -0.521. The normalized spacial score (nSPS) is 14.0. The van der Waals surface area contributed by atoms with Gasteiger partial charge in [-0.05, 0) is 54.2 Å². The lowest BCUT2D eigenvalue weighted by molar-refractivity contribution is 0.0523. The molecule has 0 radical (unpaired) electrons. The van der Waals surface area contributed by atoms with E-state index in [1.54, 1.807) is 6.20 Å². The summed E-state index contributed by atoms with van der Waals surface area (Å²) in [4.78, 5) is 19.9. The van der Waals surface area contributed by atoms with E-state index in [2.05, 4.69) is 50.4 Å². The maximum Gasteiger partial charge on any atom is 0.407 e. The number of nitrogens with one attached hydrogen (secondary N) is 2. The van der Waals surface area contributed by atoms with Crippen molar-refractivity contribution in [1.82, 2.24) is 15.3 Å². The molecular formula is C15H24BrClN4O2. The first-order chi connectivity index (χ1) is 10.6. The van der Waals surface area contributed by atoms with E-state index in [1.165, 1.54) is 0 Å². The molecule has 2 atom stereocenters. The molecule has 1 rings (SSSR count). The van der Waals surface area contributed by atoms with Crippen molar-refractivity contribution >= 4 is 39.4 Å². The van der Waals surface area contributed by atoms with Gasteiger partial charge in [0.05, 0.1) is 4.47 Å². The third-order valence-electron chi connectivity index (χ3n) is 3.23. The summed E-state index contributed by atoms with van der Waals surface area (Å²) in [5, 5.41) is 6.26. The Morgan fingerprint density at radius 1 is 1.48 bits per heavy atom. The SMILES string of the molecule is CC[C@H](C)C(CNC(=O)OC(C)(C)C)Nc1nc(Cl)ncc1Br. The van der Waals surface area contributed by atoms with Gasteiger partial charge in [-0.25, -0.2) is 9.78 Å². The van der Waals surface area contributed by atoms with Crippen molar-refractivity contribution in [2.45, 2.75) is 52.7 Å². The second-order valence-electron chi connectivity index (χ2n) is 6.35. The van der Waals surface area contributed by atoms with E-state index in [9.17, 15) is 4.79 Å². The van der Waals surface area contributed by atoms with Gasteiger partial charge in [-0.2, -0.15) is 4.98 Å². The number of carbonyl (C=O) groups excluding carboxylic acids is 1. The highest BCUT2D eigenvalue weighted by molar-refractivity contribution is 9.10. The first-order valence-corrected chi connectivity index (χ1v) is 8.71. The molecular weight excluding hydrogens is 384 g/mol. The average molecular weight is 408 g/mol. The molecule has 130 valence electrons. The standard InChI is InChI=1S/C15H24BrClN4O2/c1-6-9(2)11(8-19-14(22)23-15(3,4)5)20-12-10(16)7-18-13(17)21-12/h7,9,11H,6,8H2,1-5H3,(H,19,22)(H,18,20,21)/t9-,11?/m0/s1. The molecule has 1 amide bonds. The fourth-order valence-electron chi connectivity index (χ4n) is 1.81. The number of ether oxygens (including phenoxy) is 1. The number of alkyl carbamates (subject to hydrolysis) is 1. The van der Waals surface area contributed by atoms with Crippen molar-refractivity contribution in [3.8, 4) is 0 Å². The zero-order valence-electron chi connectivity index (χ0n) is 14.1. The van der Waals surface area contributed by atoms with Crippen LogP contribution in [0.15, 0.2) is 10.7 Å². The van der Waals surface area contributed by atoms with E-state index in [-0.39, 0.29) is 11.3 Å². The summed E-state index contributed by atoms with van der Waals surface area (Å²) < 4.78 is 5.98. The summed E-state index contributed by atoms with van der Waals surface area (Å²) >= 11 is 9.23. The van der Waals surface area contributed by atoms with Crippen LogP contribution in [0.25, 0.3) is 0 Å². The van der Waals surface area contributed by atoms with Crippen LogP contribution in [0.1, 0.15) is 41.0 Å². The summed E-state index contributed by atoms with van der Waals surface area (Å²) in [6.07, 6.45) is 2.10. The molecule has 1 heterocycles. The Morgan fingerprint density at radius 3 is 2.70 bits per heavy atom. The summed E-state index contributed by atoms with van der Waals surface area (Å²) in [5.41, 5.74) is -0.521. The Morgan fingerprint density at radius 2 is 2.13 bits per heavy atom. The molecule has 0 aliphatic heterocycles. The molecule has 1 unspecified atom stereocenters. The molecule has 0 aliphatic rings. The molecule has 1 aromatic heterocycles. The Balaban J connectivity index is 2.73. The zero-order chi connectivity index (χ0) is 17.6. The third kappa shape index (κ3) is 7.35. The monoisotopic (exact) mass is 406 g/mol. The summed E-state index contributed by atoms with van der Waals surface area (Å²) in [5.74, 6) is 0.909. The first kappa shape index (κ1) is 20.0. The van der Waals surface area contributed by atoms with Gasteiger partial charge in [-0.1, -0.05) is 20.3 Å². The molecule has 23 heavy (non-hydrogen) atoms. The molecule has 0 aliphatic carbocycles. The van der Waals surface area contributed by atoms with Crippen LogP contribution in [-0.2, 0) is 4.74 Å². The topological polar surface area (TPSA) is 76.1 Å². The van der Waals surface area contributed by atoms with Crippen LogP contribution in [0.5, 0.6) is 0 Å². The first-order valence-electron chi connectivity index (χ1n) is 7.53. The van der Waals surface area contributed by atoms with Crippen LogP contribution in [0, 0.1) is 5.92 Å². The summed E-state index contributed by atoms with van der Waals surface area (Å²) in [7, 11) is 0. The van der Waals surface area contributed by atoms with Gasteiger partial charge in [0, 0.05) is 18.8 Å². The molecule has 0 aromatic carbocycles. The number of hydrogen-bond donors (Lipinski definition) is 2. The van der Waals surface area contributed by atoms with Crippen molar-refractivity contribution in [2.24, 2.45) is 5.92 Å². The number of aromatic nitrogens is 2. The number of amides is 1. The van der Waals surface area contributed by atoms with Gasteiger partial charge < -0.3 is 15.4 Å². The molecule has 8 heteroatoms.